The molecule has 0 radical (unpaired) electrons. The summed E-state index contributed by atoms with van der Waals surface area (Å²) in [5, 5.41) is 8.62. The van der Waals surface area contributed by atoms with Gasteiger partial charge in [-0.25, -0.2) is 9.48 Å². The topological polar surface area (TPSA) is 73.6 Å². The van der Waals surface area contributed by atoms with Gasteiger partial charge in [-0.3, -0.25) is 0 Å². The van der Waals surface area contributed by atoms with Gasteiger partial charge in [0, 0.05) is 28.5 Å². The third kappa shape index (κ3) is 4.00. The van der Waals surface area contributed by atoms with Gasteiger partial charge in [0.15, 0.2) is 11.5 Å². The number of nitrogens with zero attached hydrogens (tertiary/aromatic N) is 4. The van der Waals surface area contributed by atoms with Crippen molar-refractivity contribution in [2.24, 2.45) is 0 Å². The number of para-hydroxylation sites is 1. The average Bonchev–Trinajstić information content (AvgIpc) is 3.67. The molecule has 194 valence electrons. The van der Waals surface area contributed by atoms with Crippen LogP contribution in [-0.2, 0) is 6.54 Å². The van der Waals surface area contributed by atoms with Crippen molar-refractivity contribution in [2.45, 2.75) is 19.5 Å². The molecule has 9 heteroatoms. The van der Waals surface area contributed by atoms with E-state index < -0.39 is 0 Å². The SMILES string of the molecule is Cc1nn(-c2ccccc2)c2c1CN(C(=O)Nc1ccc3c(c1)OCO3)[C@H](c1ccc(Cl)cc1)c1cccn1-2. The predicted molar refractivity (Wildman–Crippen MR) is 148 cm³/mol. The van der Waals surface area contributed by atoms with Crippen molar-refractivity contribution in [1.29, 1.82) is 0 Å². The third-order valence-electron chi connectivity index (χ3n) is 7.16. The lowest BCUT2D eigenvalue weighted by atomic mass is 10.0. The Morgan fingerprint density at radius 1 is 0.974 bits per heavy atom. The van der Waals surface area contributed by atoms with Crippen LogP contribution in [0.1, 0.15) is 28.6 Å². The largest absolute Gasteiger partial charge is 0.454 e. The lowest BCUT2D eigenvalue weighted by Gasteiger charge is -2.31. The summed E-state index contributed by atoms with van der Waals surface area (Å²) in [6.07, 6.45) is 2.02. The monoisotopic (exact) mass is 537 g/mol. The number of aromatic nitrogens is 3. The first kappa shape index (κ1) is 23.4. The molecule has 0 unspecified atom stereocenters. The zero-order valence-corrected chi connectivity index (χ0v) is 21.8. The van der Waals surface area contributed by atoms with Crippen LogP contribution >= 0.6 is 11.6 Å². The van der Waals surface area contributed by atoms with Crippen molar-refractivity contribution in [2.75, 3.05) is 12.1 Å². The van der Waals surface area contributed by atoms with Crippen molar-refractivity contribution in [3.05, 3.63) is 119 Å². The Bertz CT molecular complexity index is 1690. The number of fused-ring (bicyclic) bond motifs is 4. The van der Waals surface area contributed by atoms with Gasteiger partial charge < -0.3 is 24.3 Å². The molecule has 2 aliphatic rings. The van der Waals surface area contributed by atoms with Crippen molar-refractivity contribution in [3.8, 4) is 23.0 Å². The maximum Gasteiger partial charge on any atom is 0.322 e. The number of halogens is 1. The molecule has 4 heterocycles. The summed E-state index contributed by atoms with van der Waals surface area (Å²) in [5.74, 6) is 2.18. The molecule has 2 amide bonds. The number of carbonyl (C=O) groups excluding carboxylic acids is 1. The molecule has 7 rings (SSSR count). The van der Waals surface area contributed by atoms with Crippen molar-refractivity contribution in [3.63, 3.8) is 0 Å². The van der Waals surface area contributed by atoms with Crippen LogP contribution in [0.5, 0.6) is 11.5 Å². The number of nitrogens with one attached hydrogen (secondary N) is 1. The molecule has 39 heavy (non-hydrogen) atoms. The van der Waals surface area contributed by atoms with Crippen LogP contribution in [0.25, 0.3) is 11.5 Å². The van der Waals surface area contributed by atoms with Crippen molar-refractivity contribution < 1.29 is 14.3 Å². The van der Waals surface area contributed by atoms with E-state index in [-0.39, 0.29) is 18.9 Å². The van der Waals surface area contributed by atoms with Gasteiger partial charge in [-0.15, -0.1) is 0 Å². The van der Waals surface area contributed by atoms with Gasteiger partial charge in [0.2, 0.25) is 6.79 Å². The van der Waals surface area contributed by atoms with Crippen molar-refractivity contribution in [1.82, 2.24) is 19.2 Å². The molecule has 1 atom stereocenters. The number of hydrogen-bond acceptors (Lipinski definition) is 4. The molecule has 0 fully saturated rings. The molecule has 1 N–H and O–H groups in total. The van der Waals surface area contributed by atoms with E-state index in [1.807, 2.05) is 95.5 Å². The fraction of sp³-hybridized carbons (Fsp3) is 0.133. The number of amides is 2. The van der Waals surface area contributed by atoms with E-state index in [9.17, 15) is 4.79 Å². The molecular weight excluding hydrogens is 514 g/mol. The van der Waals surface area contributed by atoms with E-state index in [1.54, 1.807) is 12.1 Å². The van der Waals surface area contributed by atoms with Gasteiger partial charge >= 0.3 is 6.03 Å². The number of benzene rings is 3. The molecule has 0 saturated heterocycles. The Kier molecular flexibility index (Phi) is 5.56. The Morgan fingerprint density at radius 2 is 1.77 bits per heavy atom. The van der Waals surface area contributed by atoms with Crippen LogP contribution in [0.2, 0.25) is 5.02 Å². The second-order valence-electron chi connectivity index (χ2n) is 9.52. The predicted octanol–water partition coefficient (Wildman–Crippen LogP) is 6.49. The fourth-order valence-corrected chi connectivity index (χ4v) is 5.44. The minimum Gasteiger partial charge on any atom is -0.454 e. The van der Waals surface area contributed by atoms with Crippen LogP contribution in [0.3, 0.4) is 0 Å². The number of hydrogen-bond donors (Lipinski definition) is 1. The number of carbonyl (C=O) groups is 1. The van der Waals surface area contributed by atoms with Crippen LogP contribution in [0.15, 0.2) is 91.1 Å². The summed E-state index contributed by atoms with van der Waals surface area (Å²) in [5.41, 5.74) is 5.27. The second-order valence-corrected chi connectivity index (χ2v) is 9.95. The van der Waals surface area contributed by atoms with Crippen LogP contribution in [0.4, 0.5) is 10.5 Å². The Hall–Kier alpha value is -4.69. The van der Waals surface area contributed by atoms with Gasteiger partial charge in [0.1, 0.15) is 5.82 Å². The van der Waals surface area contributed by atoms with E-state index in [0.29, 0.717) is 28.8 Å². The number of ether oxygens (including phenoxy) is 2. The maximum atomic E-state index is 14.1. The summed E-state index contributed by atoms with van der Waals surface area (Å²) in [7, 11) is 0. The van der Waals surface area contributed by atoms with E-state index >= 15 is 0 Å². The second kappa shape index (κ2) is 9.25. The van der Waals surface area contributed by atoms with Gasteiger partial charge in [-0.1, -0.05) is 41.9 Å². The van der Waals surface area contributed by atoms with Crippen LogP contribution in [-0.4, -0.2) is 32.1 Å². The standard InChI is InChI=1S/C30H24ClN5O3/c1-19-24-17-35(30(37)32-22-13-14-26-27(16-22)39-18-38-26)28(20-9-11-21(31)12-10-20)25-8-5-15-34(25)29(24)36(33-19)23-6-3-2-4-7-23/h2-16,28H,17-18H2,1H3,(H,32,37)/t28-/m1/s1. The van der Waals surface area contributed by atoms with E-state index in [2.05, 4.69) is 9.88 Å². The average molecular weight is 538 g/mol. The first-order valence-electron chi connectivity index (χ1n) is 12.6. The minimum absolute atomic E-state index is 0.169. The van der Waals surface area contributed by atoms with Gasteiger partial charge in [-0.2, -0.15) is 5.10 Å². The molecule has 0 spiro atoms. The summed E-state index contributed by atoms with van der Waals surface area (Å²) in [6, 6.07) is 26.5. The quantitative estimate of drug-likeness (QED) is 0.285. The first-order valence-corrected chi connectivity index (χ1v) is 13.0. The number of rotatable bonds is 3. The van der Waals surface area contributed by atoms with E-state index in [1.165, 1.54) is 0 Å². The van der Waals surface area contributed by atoms with Crippen molar-refractivity contribution >= 4 is 23.3 Å². The first-order chi connectivity index (χ1) is 19.1. The number of aryl methyl sites for hydroxylation is 1. The Morgan fingerprint density at radius 3 is 2.59 bits per heavy atom. The van der Waals surface area contributed by atoms with Gasteiger partial charge in [-0.05, 0) is 61.0 Å². The zero-order valence-electron chi connectivity index (χ0n) is 21.0. The molecule has 0 bridgehead atoms. The summed E-state index contributed by atoms with van der Waals surface area (Å²) < 4.78 is 15.0. The highest BCUT2D eigenvalue weighted by Gasteiger charge is 2.36. The van der Waals surface area contributed by atoms with E-state index in [4.69, 9.17) is 26.2 Å². The van der Waals surface area contributed by atoms with Gasteiger partial charge in [0.25, 0.3) is 0 Å². The maximum absolute atomic E-state index is 14.1. The molecule has 0 aliphatic carbocycles. The molecule has 2 aliphatic heterocycles. The third-order valence-corrected chi connectivity index (χ3v) is 7.41. The lowest BCUT2D eigenvalue weighted by Crippen LogP contribution is -2.38. The molecule has 3 aromatic carbocycles. The smallest absolute Gasteiger partial charge is 0.322 e. The minimum atomic E-state index is -0.387. The van der Waals surface area contributed by atoms with E-state index in [0.717, 1.165) is 34.0 Å². The highest BCUT2D eigenvalue weighted by Crippen LogP contribution is 2.40. The Balaban J connectivity index is 1.37. The summed E-state index contributed by atoms with van der Waals surface area (Å²) in [6.45, 7) is 2.50. The highest BCUT2D eigenvalue weighted by atomic mass is 35.5. The normalized spacial score (nSPS) is 15.4. The molecule has 0 saturated carbocycles. The number of urea groups is 1. The number of anilines is 1. The zero-order chi connectivity index (χ0) is 26.5. The Labute approximate surface area is 230 Å². The lowest BCUT2D eigenvalue weighted by molar-refractivity contribution is 0.174. The highest BCUT2D eigenvalue weighted by molar-refractivity contribution is 6.30. The van der Waals surface area contributed by atoms with Crippen LogP contribution in [0, 0.1) is 6.92 Å². The summed E-state index contributed by atoms with van der Waals surface area (Å²) >= 11 is 6.25. The molecule has 8 nitrogen and oxygen atoms in total. The summed E-state index contributed by atoms with van der Waals surface area (Å²) in [4.78, 5) is 15.9. The van der Waals surface area contributed by atoms with Crippen LogP contribution < -0.4 is 14.8 Å². The molecule has 2 aromatic heterocycles. The molecule has 5 aromatic rings. The molecular formula is C30H24ClN5O3. The van der Waals surface area contributed by atoms with Gasteiger partial charge in [0.05, 0.1) is 29.7 Å². The fourth-order valence-electron chi connectivity index (χ4n) is 5.31.